The van der Waals surface area contributed by atoms with Gasteiger partial charge in [-0.1, -0.05) is 96.2 Å². The van der Waals surface area contributed by atoms with E-state index in [2.05, 4.69) is 14.9 Å². The van der Waals surface area contributed by atoms with Crippen molar-refractivity contribution in [2.45, 2.75) is 4.90 Å². The fourth-order valence-electron chi connectivity index (χ4n) is 4.13. The zero-order valence-corrected chi connectivity index (χ0v) is 23.5. The molecule has 0 unspecified atom stereocenters. The zero-order chi connectivity index (χ0) is 28.9. The lowest BCUT2D eigenvalue weighted by atomic mass is 10.1. The maximum absolute atomic E-state index is 12.9. The number of carbonyl (C=O) groups excluding carboxylic acids is 1. The van der Waals surface area contributed by atoms with Crippen molar-refractivity contribution in [3.8, 4) is 44.7 Å². The average molecular weight is 591 g/mol. The third-order valence-corrected chi connectivity index (χ3v) is 8.48. The number of hydrogen-bond donors (Lipinski definition) is 1. The third kappa shape index (κ3) is 6.09. The van der Waals surface area contributed by atoms with Crippen LogP contribution in [-0.4, -0.2) is 29.4 Å². The van der Waals surface area contributed by atoms with Crippen molar-refractivity contribution < 1.29 is 17.7 Å². The van der Waals surface area contributed by atoms with Crippen LogP contribution >= 0.6 is 11.3 Å². The van der Waals surface area contributed by atoms with Crippen LogP contribution in [0.1, 0.15) is 5.56 Å². The summed E-state index contributed by atoms with van der Waals surface area (Å²) in [5.74, 6) is -0.262. The van der Waals surface area contributed by atoms with Crippen molar-refractivity contribution in [2.24, 2.45) is 0 Å². The van der Waals surface area contributed by atoms with Crippen molar-refractivity contribution in [2.75, 3.05) is 0 Å². The lowest BCUT2D eigenvalue weighted by molar-refractivity contribution is -0.114. The molecule has 10 heteroatoms. The fourth-order valence-corrected chi connectivity index (χ4v) is 5.95. The van der Waals surface area contributed by atoms with Gasteiger partial charge in [-0.2, -0.15) is 4.98 Å². The molecule has 1 N–H and O–H groups in total. The second-order valence-electron chi connectivity index (χ2n) is 9.15. The molecule has 4 aromatic carbocycles. The van der Waals surface area contributed by atoms with Gasteiger partial charge in [0.15, 0.2) is 0 Å². The maximum Gasteiger partial charge on any atom is 0.264 e. The van der Waals surface area contributed by atoms with E-state index in [0.717, 1.165) is 33.0 Å². The SMILES string of the molecule is O=C(/C=C/c1ccccc1)NS(=O)(=O)c1cccc(-c2nc(-c3ccc(-c4csc(-c5ccccc5)n4)cc3)no2)c1. The molecule has 0 aliphatic heterocycles. The Labute approximate surface area is 246 Å². The minimum Gasteiger partial charge on any atom is -0.334 e. The second kappa shape index (κ2) is 11.7. The standard InChI is InChI=1S/C32H22N4O4S2/c37-29(19-14-22-8-3-1-4-9-22)36-42(38,39)27-13-7-12-26(20-27)31-34-30(35-40-31)24-17-15-23(16-18-24)28-21-41-32(33-28)25-10-5-2-6-11-25/h1-21H,(H,36,37)/b19-14+. The van der Waals surface area contributed by atoms with Crippen LogP contribution in [0.5, 0.6) is 0 Å². The van der Waals surface area contributed by atoms with Crippen LogP contribution in [0.25, 0.3) is 50.7 Å². The van der Waals surface area contributed by atoms with Gasteiger partial charge < -0.3 is 4.52 Å². The number of hydrogen-bond acceptors (Lipinski definition) is 8. The molecule has 0 radical (unpaired) electrons. The fraction of sp³-hybridized carbons (Fsp3) is 0. The highest BCUT2D eigenvalue weighted by atomic mass is 32.2. The summed E-state index contributed by atoms with van der Waals surface area (Å²) in [7, 11) is -4.13. The van der Waals surface area contributed by atoms with Gasteiger partial charge in [0.05, 0.1) is 10.6 Å². The van der Waals surface area contributed by atoms with Crippen molar-refractivity contribution in [3.63, 3.8) is 0 Å². The monoisotopic (exact) mass is 590 g/mol. The molecule has 6 aromatic rings. The number of carbonyl (C=O) groups is 1. The quantitative estimate of drug-likeness (QED) is 0.196. The molecule has 0 saturated heterocycles. The Morgan fingerprint density at radius 3 is 2.21 bits per heavy atom. The summed E-state index contributed by atoms with van der Waals surface area (Å²) >= 11 is 1.59. The van der Waals surface area contributed by atoms with Gasteiger partial charge in [-0.05, 0) is 29.8 Å². The third-order valence-electron chi connectivity index (χ3n) is 6.24. The highest BCUT2D eigenvalue weighted by Crippen LogP contribution is 2.30. The minimum absolute atomic E-state index is 0.108. The van der Waals surface area contributed by atoms with Crippen LogP contribution in [0.15, 0.2) is 130 Å². The molecule has 0 fully saturated rings. The molecule has 8 nitrogen and oxygen atoms in total. The summed E-state index contributed by atoms with van der Waals surface area (Å²) in [4.78, 5) is 21.4. The Balaban J connectivity index is 1.16. The maximum atomic E-state index is 12.9. The summed E-state index contributed by atoms with van der Waals surface area (Å²) in [6.07, 6.45) is 2.70. The number of benzene rings is 4. The molecule has 1 amide bonds. The zero-order valence-electron chi connectivity index (χ0n) is 21.9. The van der Waals surface area contributed by atoms with Crippen LogP contribution in [-0.2, 0) is 14.8 Å². The van der Waals surface area contributed by atoms with Crippen LogP contribution in [0.4, 0.5) is 0 Å². The lowest BCUT2D eigenvalue weighted by Crippen LogP contribution is -2.28. The second-order valence-corrected chi connectivity index (χ2v) is 11.7. The summed E-state index contributed by atoms with van der Waals surface area (Å²) in [5, 5.41) is 7.04. The van der Waals surface area contributed by atoms with E-state index in [0.29, 0.717) is 11.4 Å². The number of aromatic nitrogens is 3. The van der Waals surface area contributed by atoms with Crippen molar-refractivity contribution in [3.05, 3.63) is 126 Å². The molecule has 0 atom stereocenters. The summed E-state index contributed by atoms with van der Waals surface area (Å²) < 4.78 is 33.2. The molecule has 2 aromatic heterocycles. The van der Waals surface area contributed by atoms with E-state index in [-0.39, 0.29) is 10.8 Å². The van der Waals surface area contributed by atoms with Gasteiger partial charge in [0.25, 0.3) is 21.8 Å². The molecule has 206 valence electrons. The van der Waals surface area contributed by atoms with E-state index in [1.54, 1.807) is 35.6 Å². The lowest BCUT2D eigenvalue weighted by Gasteiger charge is -2.05. The van der Waals surface area contributed by atoms with Crippen molar-refractivity contribution >= 4 is 33.3 Å². The first-order chi connectivity index (χ1) is 20.4. The van der Waals surface area contributed by atoms with E-state index in [9.17, 15) is 13.2 Å². The highest BCUT2D eigenvalue weighted by molar-refractivity contribution is 7.90. The first-order valence-electron chi connectivity index (χ1n) is 12.8. The van der Waals surface area contributed by atoms with E-state index in [4.69, 9.17) is 9.51 Å². The Kier molecular flexibility index (Phi) is 7.54. The summed E-state index contributed by atoms with van der Waals surface area (Å²) in [6, 6.07) is 32.7. The Morgan fingerprint density at radius 1 is 0.762 bits per heavy atom. The molecule has 0 aliphatic rings. The van der Waals surface area contributed by atoms with Gasteiger partial charge in [-0.25, -0.2) is 18.1 Å². The topological polar surface area (TPSA) is 115 Å². The highest BCUT2D eigenvalue weighted by Gasteiger charge is 2.19. The molecule has 0 saturated carbocycles. The van der Waals surface area contributed by atoms with Gasteiger partial charge in [0.1, 0.15) is 5.01 Å². The van der Waals surface area contributed by atoms with E-state index in [1.165, 1.54) is 24.3 Å². The van der Waals surface area contributed by atoms with Gasteiger partial charge in [0, 0.05) is 33.7 Å². The molecule has 42 heavy (non-hydrogen) atoms. The van der Waals surface area contributed by atoms with E-state index in [1.807, 2.05) is 78.2 Å². The molecular formula is C32H22N4O4S2. The predicted molar refractivity (Wildman–Crippen MR) is 163 cm³/mol. The number of rotatable bonds is 8. The van der Waals surface area contributed by atoms with E-state index < -0.39 is 15.9 Å². The van der Waals surface area contributed by atoms with Gasteiger partial charge >= 0.3 is 0 Å². The van der Waals surface area contributed by atoms with Crippen molar-refractivity contribution in [1.82, 2.24) is 19.8 Å². The average Bonchev–Trinajstić information content (AvgIpc) is 3.72. The van der Waals surface area contributed by atoms with E-state index >= 15 is 0 Å². The van der Waals surface area contributed by atoms with Crippen LogP contribution in [0.2, 0.25) is 0 Å². The molecule has 6 rings (SSSR count). The first kappa shape index (κ1) is 27.0. The Hall–Kier alpha value is -5.19. The summed E-state index contributed by atoms with van der Waals surface area (Å²) in [5.41, 5.74) is 4.81. The molecule has 2 heterocycles. The number of thiazole rings is 1. The minimum atomic E-state index is -4.13. The molecule has 0 aliphatic carbocycles. The number of amides is 1. The normalized spacial score (nSPS) is 11.5. The molecular weight excluding hydrogens is 569 g/mol. The van der Waals surface area contributed by atoms with Gasteiger partial charge in [-0.15, -0.1) is 11.3 Å². The smallest absolute Gasteiger partial charge is 0.264 e. The Morgan fingerprint density at radius 2 is 1.45 bits per heavy atom. The van der Waals surface area contributed by atoms with Gasteiger partial charge in [-0.3, -0.25) is 4.79 Å². The predicted octanol–water partition coefficient (Wildman–Crippen LogP) is 6.71. The number of nitrogens with one attached hydrogen (secondary N) is 1. The largest absolute Gasteiger partial charge is 0.334 e. The summed E-state index contributed by atoms with van der Waals surface area (Å²) in [6.45, 7) is 0. The Bertz CT molecular complexity index is 1980. The van der Waals surface area contributed by atoms with Crippen LogP contribution in [0, 0.1) is 0 Å². The molecule has 0 spiro atoms. The molecule has 0 bridgehead atoms. The van der Waals surface area contributed by atoms with Crippen molar-refractivity contribution in [1.29, 1.82) is 0 Å². The van der Waals surface area contributed by atoms with Crippen LogP contribution < -0.4 is 4.72 Å². The van der Waals surface area contributed by atoms with Gasteiger partial charge in [0.2, 0.25) is 5.82 Å². The first-order valence-corrected chi connectivity index (χ1v) is 15.2. The van der Waals surface area contributed by atoms with Crippen LogP contribution in [0.3, 0.4) is 0 Å². The number of nitrogens with zero attached hydrogens (tertiary/aromatic N) is 3. The number of sulfonamides is 1.